The van der Waals surface area contributed by atoms with Crippen LogP contribution in [-0.4, -0.2) is 33.0 Å². The van der Waals surface area contributed by atoms with Crippen LogP contribution in [0.4, 0.5) is 5.69 Å². The van der Waals surface area contributed by atoms with Gasteiger partial charge in [-0.1, -0.05) is 18.2 Å². The minimum absolute atomic E-state index is 0.446. The smallest absolute Gasteiger partial charge is 0.150 e. The predicted octanol–water partition coefficient (Wildman–Crippen LogP) is 1.41. The fourth-order valence-electron chi connectivity index (χ4n) is 4.25. The van der Waals surface area contributed by atoms with Crippen LogP contribution in [0.3, 0.4) is 0 Å². The van der Waals surface area contributed by atoms with E-state index in [-0.39, 0.29) is 0 Å². The number of rotatable bonds is 1. The summed E-state index contributed by atoms with van der Waals surface area (Å²) in [4.78, 5) is 2.43. The van der Waals surface area contributed by atoms with Crippen molar-refractivity contribution in [3.8, 4) is 0 Å². The molecule has 0 aromatic heterocycles. The quantitative estimate of drug-likeness (QED) is 0.769. The van der Waals surface area contributed by atoms with Crippen LogP contribution in [0.2, 0.25) is 0 Å². The van der Waals surface area contributed by atoms with Crippen LogP contribution in [0.25, 0.3) is 0 Å². The number of hydrogen-bond donors (Lipinski definition) is 0. The molecule has 2 aliphatic heterocycles. The van der Waals surface area contributed by atoms with Gasteiger partial charge in [-0.3, -0.25) is 0 Å². The Balaban J connectivity index is 1.55. The van der Waals surface area contributed by atoms with Crippen LogP contribution < -0.4 is 4.90 Å². The molecular weight excluding hydrogens is 246 g/mol. The Morgan fingerprint density at radius 2 is 1.44 bits per heavy atom. The van der Waals surface area contributed by atoms with Gasteiger partial charge in [0.05, 0.1) is 11.5 Å². The van der Waals surface area contributed by atoms with Crippen molar-refractivity contribution in [3.63, 3.8) is 0 Å². The van der Waals surface area contributed by atoms with Crippen molar-refractivity contribution in [2.24, 2.45) is 23.7 Å². The predicted molar refractivity (Wildman–Crippen MR) is 71.3 cm³/mol. The molecule has 2 heterocycles. The first-order valence-corrected chi connectivity index (χ1v) is 8.47. The summed E-state index contributed by atoms with van der Waals surface area (Å²) >= 11 is 0. The summed E-state index contributed by atoms with van der Waals surface area (Å²) in [5.74, 6) is 3.03. The molecule has 1 aliphatic carbocycles. The molecule has 1 aromatic carbocycles. The molecule has 1 saturated carbocycles. The molecule has 2 saturated heterocycles. The normalized spacial score (nSPS) is 40.1. The summed E-state index contributed by atoms with van der Waals surface area (Å²) in [5, 5.41) is 0. The van der Waals surface area contributed by atoms with Crippen molar-refractivity contribution >= 4 is 15.5 Å². The molecule has 0 spiro atoms. The Morgan fingerprint density at radius 3 is 2.00 bits per heavy atom. The van der Waals surface area contributed by atoms with E-state index >= 15 is 0 Å². The van der Waals surface area contributed by atoms with Crippen LogP contribution in [0.15, 0.2) is 30.3 Å². The number of nitrogens with zero attached hydrogens (tertiary/aromatic N) is 1. The molecular formula is C14H17NO2S. The second kappa shape index (κ2) is 3.50. The SMILES string of the molecule is O=S1(=O)CC2C3CN(c4ccccc4)CC3C2C1. The highest BCUT2D eigenvalue weighted by molar-refractivity contribution is 7.91. The summed E-state index contributed by atoms with van der Waals surface area (Å²) < 4.78 is 23.3. The molecule has 3 fully saturated rings. The summed E-state index contributed by atoms with van der Waals surface area (Å²) in [5.41, 5.74) is 1.29. The molecule has 96 valence electrons. The van der Waals surface area contributed by atoms with E-state index in [1.807, 2.05) is 6.07 Å². The summed E-state index contributed by atoms with van der Waals surface area (Å²) in [6, 6.07) is 10.5. The number of sulfone groups is 1. The maximum atomic E-state index is 11.7. The van der Waals surface area contributed by atoms with Crippen molar-refractivity contribution in [3.05, 3.63) is 30.3 Å². The zero-order chi connectivity index (χ0) is 12.3. The zero-order valence-electron chi connectivity index (χ0n) is 10.2. The fraction of sp³-hybridized carbons (Fsp3) is 0.571. The highest BCUT2D eigenvalue weighted by Gasteiger charge is 2.59. The highest BCUT2D eigenvalue weighted by Crippen LogP contribution is 2.55. The Hall–Kier alpha value is -1.03. The van der Waals surface area contributed by atoms with Gasteiger partial charge < -0.3 is 4.90 Å². The minimum atomic E-state index is -2.72. The number of para-hydroxylation sites is 1. The molecule has 4 atom stereocenters. The van der Waals surface area contributed by atoms with Gasteiger partial charge in [0.25, 0.3) is 0 Å². The Bertz CT molecular complexity index is 543. The fourth-order valence-corrected chi connectivity index (χ4v) is 6.55. The molecule has 1 aromatic rings. The molecule has 4 heteroatoms. The molecule has 4 unspecified atom stereocenters. The second-order valence-electron chi connectivity index (χ2n) is 5.97. The number of anilines is 1. The van der Waals surface area contributed by atoms with Crippen molar-refractivity contribution in [2.45, 2.75) is 0 Å². The van der Waals surface area contributed by atoms with Crippen LogP contribution in [0, 0.1) is 23.7 Å². The largest absolute Gasteiger partial charge is 0.371 e. The van der Waals surface area contributed by atoms with Crippen LogP contribution >= 0.6 is 0 Å². The summed E-state index contributed by atoms with van der Waals surface area (Å²) in [6.07, 6.45) is 0. The van der Waals surface area contributed by atoms with Crippen LogP contribution in [-0.2, 0) is 9.84 Å². The van der Waals surface area contributed by atoms with E-state index in [0.29, 0.717) is 35.2 Å². The van der Waals surface area contributed by atoms with Gasteiger partial charge in [-0.05, 0) is 35.8 Å². The molecule has 18 heavy (non-hydrogen) atoms. The van der Waals surface area contributed by atoms with Gasteiger partial charge in [0, 0.05) is 18.8 Å². The maximum Gasteiger partial charge on any atom is 0.150 e. The third kappa shape index (κ3) is 1.44. The lowest BCUT2D eigenvalue weighted by Gasteiger charge is -2.42. The molecule has 3 aliphatic rings. The lowest BCUT2D eigenvalue weighted by molar-refractivity contribution is 0.0629. The first kappa shape index (κ1) is 10.9. The zero-order valence-corrected chi connectivity index (χ0v) is 11.0. The van der Waals surface area contributed by atoms with Gasteiger partial charge in [-0.15, -0.1) is 0 Å². The average Bonchev–Trinajstić information content (AvgIpc) is 2.87. The average molecular weight is 263 g/mol. The maximum absolute atomic E-state index is 11.7. The standard InChI is InChI=1S/C14H17NO2S/c16-18(17)8-13-11-6-15(7-12(11)14(13)9-18)10-4-2-1-3-5-10/h1-5,11-14H,6-9H2. The summed E-state index contributed by atoms with van der Waals surface area (Å²) in [7, 11) is -2.72. The minimum Gasteiger partial charge on any atom is -0.371 e. The lowest BCUT2D eigenvalue weighted by atomic mass is 9.60. The van der Waals surface area contributed by atoms with Gasteiger partial charge in [-0.2, -0.15) is 0 Å². The van der Waals surface area contributed by atoms with E-state index in [9.17, 15) is 8.42 Å². The van der Waals surface area contributed by atoms with Crippen molar-refractivity contribution in [1.29, 1.82) is 0 Å². The molecule has 0 N–H and O–H groups in total. The van der Waals surface area contributed by atoms with E-state index in [0.717, 1.165) is 13.1 Å². The molecule has 0 radical (unpaired) electrons. The Morgan fingerprint density at radius 1 is 0.889 bits per heavy atom. The summed E-state index contributed by atoms with van der Waals surface area (Å²) in [6.45, 7) is 2.09. The second-order valence-corrected chi connectivity index (χ2v) is 8.13. The van der Waals surface area contributed by atoms with Gasteiger partial charge >= 0.3 is 0 Å². The third-order valence-electron chi connectivity index (χ3n) is 5.08. The van der Waals surface area contributed by atoms with E-state index in [4.69, 9.17) is 0 Å². The molecule has 0 bridgehead atoms. The van der Waals surface area contributed by atoms with Crippen molar-refractivity contribution < 1.29 is 8.42 Å². The number of hydrogen-bond acceptors (Lipinski definition) is 3. The molecule has 3 nitrogen and oxygen atoms in total. The Kier molecular flexibility index (Phi) is 2.11. The highest BCUT2D eigenvalue weighted by atomic mass is 32.2. The van der Waals surface area contributed by atoms with E-state index in [1.165, 1.54) is 5.69 Å². The topological polar surface area (TPSA) is 37.4 Å². The Labute approximate surface area is 108 Å². The van der Waals surface area contributed by atoms with Gasteiger partial charge in [0.2, 0.25) is 0 Å². The molecule has 0 amide bonds. The van der Waals surface area contributed by atoms with Crippen LogP contribution in [0.1, 0.15) is 0 Å². The third-order valence-corrected chi connectivity index (χ3v) is 6.86. The van der Waals surface area contributed by atoms with Gasteiger partial charge in [0.1, 0.15) is 0 Å². The lowest BCUT2D eigenvalue weighted by Crippen LogP contribution is -2.44. The van der Waals surface area contributed by atoms with E-state index in [1.54, 1.807) is 0 Å². The van der Waals surface area contributed by atoms with Crippen molar-refractivity contribution in [2.75, 3.05) is 29.5 Å². The van der Waals surface area contributed by atoms with Crippen molar-refractivity contribution in [1.82, 2.24) is 0 Å². The van der Waals surface area contributed by atoms with Crippen LogP contribution in [0.5, 0.6) is 0 Å². The van der Waals surface area contributed by atoms with Gasteiger partial charge in [0.15, 0.2) is 9.84 Å². The first-order valence-electron chi connectivity index (χ1n) is 6.64. The number of benzene rings is 1. The number of fused-ring (bicyclic) bond motifs is 4. The van der Waals surface area contributed by atoms with Gasteiger partial charge in [-0.25, -0.2) is 8.42 Å². The first-order chi connectivity index (χ1) is 8.64. The van der Waals surface area contributed by atoms with E-state index < -0.39 is 9.84 Å². The molecule has 4 rings (SSSR count). The monoisotopic (exact) mass is 263 g/mol. The van der Waals surface area contributed by atoms with E-state index in [2.05, 4.69) is 29.2 Å².